The quantitative estimate of drug-likeness (QED) is 0.390. The van der Waals surface area contributed by atoms with Gasteiger partial charge in [0, 0.05) is 33.8 Å². The Balaban J connectivity index is 1.29. The maximum Gasteiger partial charge on any atom is 0.264 e. The SMILES string of the molecule is Cc1cc(-c2cccc(-c3csc(NC(=O)[C@@H]4CCN4C(=O)c4ccc(C)s4)n3)c2)cc(C)n1. The van der Waals surface area contributed by atoms with Crippen LogP contribution in [0.25, 0.3) is 22.4 Å². The summed E-state index contributed by atoms with van der Waals surface area (Å²) >= 11 is 2.84. The van der Waals surface area contributed by atoms with Crippen LogP contribution in [0.2, 0.25) is 0 Å². The third-order valence-corrected chi connectivity index (χ3v) is 7.59. The molecule has 1 atom stereocenters. The third kappa shape index (κ3) is 4.51. The lowest BCUT2D eigenvalue weighted by Gasteiger charge is -2.39. The summed E-state index contributed by atoms with van der Waals surface area (Å²) < 4.78 is 0. The number of thiazole rings is 1. The van der Waals surface area contributed by atoms with Crippen molar-refractivity contribution in [1.82, 2.24) is 14.9 Å². The summed E-state index contributed by atoms with van der Waals surface area (Å²) in [4.78, 5) is 38.1. The van der Waals surface area contributed by atoms with Crippen LogP contribution in [-0.4, -0.2) is 39.3 Å². The zero-order chi connectivity index (χ0) is 23.8. The van der Waals surface area contributed by atoms with Crippen LogP contribution in [0.3, 0.4) is 0 Å². The van der Waals surface area contributed by atoms with Crippen molar-refractivity contribution >= 4 is 39.6 Å². The molecule has 2 amide bonds. The predicted molar refractivity (Wildman–Crippen MR) is 137 cm³/mol. The number of benzene rings is 1. The van der Waals surface area contributed by atoms with Crippen LogP contribution in [0.5, 0.6) is 0 Å². The molecule has 1 aliphatic rings. The summed E-state index contributed by atoms with van der Waals surface area (Å²) in [6, 6.07) is 15.6. The van der Waals surface area contributed by atoms with Gasteiger partial charge >= 0.3 is 0 Å². The van der Waals surface area contributed by atoms with Crippen LogP contribution in [-0.2, 0) is 4.79 Å². The highest BCUT2D eigenvalue weighted by Gasteiger charge is 2.38. The lowest BCUT2D eigenvalue weighted by Crippen LogP contribution is -2.56. The standard InChI is InChI=1S/C26H24N4O2S2/c1-15-11-20(12-16(2)27-15)18-5-4-6-19(13-18)21-14-33-26(28-21)29-24(31)22-9-10-30(22)25(32)23-8-7-17(3)34-23/h4-8,11-14,22H,9-10H2,1-3H3,(H,28,29,31)/t22-/m0/s1. The number of hydrogen-bond donors (Lipinski definition) is 1. The largest absolute Gasteiger partial charge is 0.326 e. The van der Waals surface area contributed by atoms with Gasteiger partial charge in [-0.1, -0.05) is 18.2 Å². The second kappa shape index (κ2) is 9.12. The second-order valence-corrected chi connectivity index (χ2v) is 10.6. The zero-order valence-electron chi connectivity index (χ0n) is 19.2. The summed E-state index contributed by atoms with van der Waals surface area (Å²) in [5.41, 5.74) is 5.96. The smallest absolute Gasteiger partial charge is 0.264 e. The van der Waals surface area contributed by atoms with E-state index in [4.69, 9.17) is 0 Å². The first-order valence-electron chi connectivity index (χ1n) is 11.1. The molecule has 0 bridgehead atoms. The fraction of sp³-hybridized carbons (Fsp3) is 0.231. The molecule has 1 saturated heterocycles. The van der Waals surface area contributed by atoms with E-state index in [-0.39, 0.29) is 11.8 Å². The molecule has 1 fully saturated rings. The summed E-state index contributed by atoms with van der Waals surface area (Å²) in [5.74, 6) is -0.270. The van der Waals surface area contributed by atoms with Crippen molar-refractivity contribution in [3.8, 4) is 22.4 Å². The molecule has 8 heteroatoms. The van der Waals surface area contributed by atoms with Crippen LogP contribution in [0.1, 0.15) is 32.4 Å². The van der Waals surface area contributed by atoms with Gasteiger partial charge in [0.15, 0.2) is 5.13 Å². The van der Waals surface area contributed by atoms with Gasteiger partial charge in [0.1, 0.15) is 6.04 Å². The number of anilines is 1. The molecule has 3 aromatic heterocycles. The second-order valence-electron chi connectivity index (χ2n) is 8.46. The number of thiophene rings is 1. The summed E-state index contributed by atoms with van der Waals surface area (Å²) in [7, 11) is 0. The average molecular weight is 489 g/mol. The van der Waals surface area contributed by atoms with Crippen molar-refractivity contribution in [2.24, 2.45) is 0 Å². The van der Waals surface area contributed by atoms with Crippen molar-refractivity contribution in [1.29, 1.82) is 0 Å². The van der Waals surface area contributed by atoms with E-state index in [1.165, 1.54) is 22.7 Å². The van der Waals surface area contributed by atoms with Crippen LogP contribution >= 0.6 is 22.7 Å². The molecule has 5 rings (SSSR count). The third-order valence-electron chi connectivity index (χ3n) is 5.84. The van der Waals surface area contributed by atoms with E-state index >= 15 is 0 Å². The van der Waals surface area contributed by atoms with Gasteiger partial charge in [-0.3, -0.25) is 14.6 Å². The zero-order valence-corrected chi connectivity index (χ0v) is 20.8. The number of hydrogen-bond acceptors (Lipinski definition) is 6. The Morgan fingerprint density at radius 2 is 1.74 bits per heavy atom. The van der Waals surface area contributed by atoms with E-state index in [9.17, 15) is 9.59 Å². The minimum Gasteiger partial charge on any atom is -0.326 e. The van der Waals surface area contributed by atoms with Gasteiger partial charge in [-0.05, 0) is 68.7 Å². The van der Waals surface area contributed by atoms with Gasteiger partial charge < -0.3 is 10.2 Å². The lowest BCUT2D eigenvalue weighted by atomic mass is 10.0. The highest BCUT2D eigenvalue weighted by atomic mass is 32.1. The molecule has 0 spiro atoms. The molecule has 0 radical (unpaired) electrons. The molecular weight excluding hydrogens is 464 g/mol. The topological polar surface area (TPSA) is 75.2 Å². The number of pyridine rings is 1. The molecule has 1 aromatic carbocycles. The van der Waals surface area contributed by atoms with Gasteiger partial charge in [-0.2, -0.15) is 0 Å². The van der Waals surface area contributed by atoms with Crippen molar-refractivity contribution < 1.29 is 9.59 Å². The van der Waals surface area contributed by atoms with Gasteiger partial charge in [0.25, 0.3) is 5.91 Å². The maximum atomic E-state index is 12.9. The van der Waals surface area contributed by atoms with E-state index < -0.39 is 6.04 Å². The van der Waals surface area contributed by atoms with Gasteiger partial charge in [-0.15, -0.1) is 22.7 Å². The van der Waals surface area contributed by atoms with Crippen molar-refractivity contribution in [2.75, 3.05) is 11.9 Å². The van der Waals surface area contributed by atoms with E-state index in [2.05, 4.69) is 39.6 Å². The Morgan fingerprint density at radius 1 is 0.971 bits per heavy atom. The number of nitrogens with zero attached hydrogens (tertiary/aromatic N) is 3. The normalized spacial score (nSPS) is 15.1. The molecule has 4 heterocycles. The van der Waals surface area contributed by atoms with Gasteiger partial charge in [0.05, 0.1) is 10.6 Å². The Labute approximate surface area is 206 Å². The molecule has 1 N–H and O–H groups in total. The van der Waals surface area contributed by atoms with E-state index in [0.29, 0.717) is 23.0 Å². The fourth-order valence-corrected chi connectivity index (χ4v) is 5.65. The molecule has 0 saturated carbocycles. The van der Waals surface area contributed by atoms with Crippen LogP contribution < -0.4 is 5.32 Å². The summed E-state index contributed by atoms with van der Waals surface area (Å²) in [6.45, 7) is 6.55. The molecule has 172 valence electrons. The Morgan fingerprint density at radius 3 is 2.41 bits per heavy atom. The predicted octanol–water partition coefficient (Wildman–Crippen LogP) is 5.71. The van der Waals surface area contributed by atoms with E-state index in [1.54, 1.807) is 4.90 Å². The molecule has 0 aliphatic carbocycles. The number of likely N-dealkylation sites (tertiary alicyclic amines) is 1. The monoisotopic (exact) mass is 488 g/mol. The first kappa shape index (κ1) is 22.4. The molecule has 34 heavy (non-hydrogen) atoms. The number of carbonyl (C=O) groups excluding carboxylic acids is 2. The summed E-state index contributed by atoms with van der Waals surface area (Å²) in [6.07, 6.45) is 0.660. The van der Waals surface area contributed by atoms with Crippen molar-refractivity contribution in [3.63, 3.8) is 0 Å². The van der Waals surface area contributed by atoms with E-state index in [1.807, 2.05) is 50.4 Å². The minimum atomic E-state index is -0.455. The Bertz CT molecular complexity index is 1370. The average Bonchev–Trinajstić information content (AvgIpc) is 3.41. The van der Waals surface area contributed by atoms with Crippen molar-refractivity contribution in [3.05, 3.63) is 75.1 Å². The van der Waals surface area contributed by atoms with Crippen LogP contribution in [0.15, 0.2) is 53.9 Å². The molecule has 1 aliphatic heterocycles. The Kier molecular flexibility index (Phi) is 6.02. The van der Waals surface area contributed by atoms with Crippen LogP contribution in [0.4, 0.5) is 5.13 Å². The van der Waals surface area contributed by atoms with Crippen LogP contribution in [0, 0.1) is 20.8 Å². The molecular formula is C26H24N4O2S2. The van der Waals surface area contributed by atoms with E-state index in [0.717, 1.165) is 38.6 Å². The van der Waals surface area contributed by atoms with Gasteiger partial charge in [0.2, 0.25) is 5.91 Å². The number of rotatable bonds is 5. The minimum absolute atomic E-state index is 0.0808. The molecule has 6 nitrogen and oxygen atoms in total. The Hall–Kier alpha value is -3.36. The van der Waals surface area contributed by atoms with Crippen molar-refractivity contribution in [2.45, 2.75) is 33.2 Å². The number of aromatic nitrogens is 2. The number of nitrogens with one attached hydrogen (secondary N) is 1. The fourth-order valence-electron chi connectivity index (χ4n) is 4.11. The number of aryl methyl sites for hydroxylation is 3. The first-order chi connectivity index (χ1) is 16.4. The maximum absolute atomic E-state index is 12.9. The number of amides is 2. The number of carbonyl (C=O) groups is 2. The molecule has 0 unspecified atom stereocenters. The highest BCUT2D eigenvalue weighted by molar-refractivity contribution is 7.14. The molecule has 4 aromatic rings. The lowest BCUT2D eigenvalue weighted by molar-refractivity contribution is -0.123. The summed E-state index contributed by atoms with van der Waals surface area (Å²) in [5, 5.41) is 5.38. The highest BCUT2D eigenvalue weighted by Crippen LogP contribution is 2.30. The first-order valence-corrected chi connectivity index (χ1v) is 12.8. The van der Waals surface area contributed by atoms with Gasteiger partial charge in [-0.25, -0.2) is 4.98 Å².